The molecule has 0 amide bonds. The van der Waals surface area contributed by atoms with Gasteiger partial charge in [0.05, 0.1) is 6.42 Å². The highest BCUT2D eigenvalue weighted by molar-refractivity contribution is 5.52. The average molecular weight is 479 g/mol. The minimum Gasteiger partial charge on any atom is -0.488 e. The Morgan fingerprint density at radius 3 is 2.12 bits per heavy atom. The van der Waals surface area contributed by atoms with Gasteiger partial charge in [-0.3, -0.25) is 0 Å². The number of benzene rings is 3. The Balaban J connectivity index is 1.81. The van der Waals surface area contributed by atoms with Crippen LogP contribution in [0.4, 0.5) is 27.6 Å². The number of anilines is 1. The van der Waals surface area contributed by atoms with Crippen LogP contribution in [0.25, 0.3) is 0 Å². The zero-order valence-corrected chi connectivity index (χ0v) is 18.7. The van der Waals surface area contributed by atoms with Crippen molar-refractivity contribution >= 4 is 5.69 Å². The molecular weight excluding hydrogens is 453 g/mol. The molecule has 0 aliphatic heterocycles. The SMILES string of the molecule is CCc1cccc(Oc2cccc(N(CCC(F)(F)F)Cc3cccc(OCC(F)F)c3)c2)c1. The van der Waals surface area contributed by atoms with Crippen molar-refractivity contribution in [3.05, 3.63) is 83.9 Å². The van der Waals surface area contributed by atoms with Crippen molar-refractivity contribution in [3.8, 4) is 17.2 Å². The number of rotatable bonds is 11. The van der Waals surface area contributed by atoms with Gasteiger partial charge in [0.15, 0.2) is 0 Å². The standard InChI is InChI=1S/C26H26F5NO2/c1-2-19-6-3-10-23(14-19)34-24-11-5-8-21(16-24)32(13-12-26(29,30)31)17-20-7-4-9-22(15-20)33-18-25(27)28/h3-11,14-16,25H,2,12-13,17-18H2,1H3. The summed E-state index contributed by atoms with van der Waals surface area (Å²) in [6.45, 7) is 1.14. The second kappa shape index (κ2) is 11.7. The third kappa shape index (κ3) is 8.24. The van der Waals surface area contributed by atoms with E-state index in [9.17, 15) is 22.0 Å². The maximum Gasteiger partial charge on any atom is 0.390 e. The number of nitrogens with zero attached hydrogens (tertiary/aromatic N) is 1. The summed E-state index contributed by atoms with van der Waals surface area (Å²) in [7, 11) is 0. The molecule has 0 heterocycles. The van der Waals surface area contributed by atoms with E-state index in [1.54, 1.807) is 47.4 Å². The third-order valence-corrected chi connectivity index (χ3v) is 5.04. The molecular formula is C26H26F5NO2. The number of halogens is 5. The molecule has 34 heavy (non-hydrogen) atoms. The molecule has 0 saturated heterocycles. The Labute approximate surface area is 195 Å². The summed E-state index contributed by atoms with van der Waals surface area (Å²) in [5.41, 5.74) is 2.29. The molecule has 8 heteroatoms. The van der Waals surface area contributed by atoms with E-state index >= 15 is 0 Å². The molecule has 0 N–H and O–H groups in total. The van der Waals surface area contributed by atoms with Crippen LogP contribution in [0.3, 0.4) is 0 Å². The van der Waals surface area contributed by atoms with Gasteiger partial charge in [-0.2, -0.15) is 13.2 Å². The van der Waals surface area contributed by atoms with Crippen LogP contribution in [0.5, 0.6) is 17.2 Å². The van der Waals surface area contributed by atoms with Gasteiger partial charge in [-0.25, -0.2) is 8.78 Å². The largest absolute Gasteiger partial charge is 0.488 e. The molecule has 0 unspecified atom stereocenters. The Bertz CT molecular complexity index is 1060. The van der Waals surface area contributed by atoms with Gasteiger partial charge in [0, 0.05) is 24.8 Å². The highest BCUT2D eigenvalue weighted by atomic mass is 19.4. The lowest BCUT2D eigenvalue weighted by Gasteiger charge is -2.26. The fraction of sp³-hybridized carbons (Fsp3) is 0.308. The maximum atomic E-state index is 13.0. The van der Waals surface area contributed by atoms with Crippen LogP contribution < -0.4 is 14.4 Å². The number of hydrogen-bond donors (Lipinski definition) is 0. The van der Waals surface area contributed by atoms with Crippen LogP contribution in [-0.4, -0.2) is 25.8 Å². The molecule has 0 saturated carbocycles. The van der Waals surface area contributed by atoms with Crippen LogP contribution in [0.1, 0.15) is 24.5 Å². The Morgan fingerprint density at radius 2 is 1.44 bits per heavy atom. The highest BCUT2D eigenvalue weighted by Crippen LogP contribution is 2.30. The molecule has 0 atom stereocenters. The number of alkyl halides is 5. The van der Waals surface area contributed by atoms with E-state index < -0.39 is 25.6 Å². The molecule has 0 fully saturated rings. The van der Waals surface area contributed by atoms with Crippen LogP contribution in [0, 0.1) is 0 Å². The minimum absolute atomic E-state index is 0.136. The molecule has 3 rings (SSSR count). The van der Waals surface area contributed by atoms with Crippen LogP contribution in [0.2, 0.25) is 0 Å². The van der Waals surface area contributed by atoms with Crippen molar-refractivity contribution in [2.24, 2.45) is 0 Å². The molecule has 0 spiro atoms. The van der Waals surface area contributed by atoms with E-state index in [0.717, 1.165) is 12.0 Å². The Kier molecular flexibility index (Phi) is 8.73. The zero-order valence-electron chi connectivity index (χ0n) is 18.7. The first-order valence-electron chi connectivity index (χ1n) is 10.9. The normalized spacial score (nSPS) is 11.5. The summed E-state index contributed by atoms with van der Waals surface area (Å²) >= 11 is 0. The third-order valence-electron chi connectivity index (χ3n) is 5.04. The summed E-state index contributed by atoms with van der Waals surface area (Å²) in [5.74, 6) is 1.38. The summed E-state index contributed by atoms with van der Waals surface area (Å²) in [5, 5.41) is 0. The Morgan fingerprint density at radius 1 is 0.824 bits per heavy atom. The van der Waals surface area contributed by atoms with Crippen molar-refractivity contribution in [1.82, 2.24) is 0 Å². The first-order chi connectivity index (χ1) is 16.2. The van der Waals surface area contributed by atoms with Gasteiger partial charge < -0.3 is 14.4 Å². The molecule has 0 aliphatic carbocycles. The van der Waals surface area contributed by atoms with E-state index in [0.29, 0.717) is 22.7 Å². The predicted octanol–water partition coefficient (Wildman–Crippen LogP) is 7.64. The lowest BCUT2D eigenvalue weighted by Crippen LogP contribution is -2.27. The average Bonchev–Trinajstić information content (AvgIpc) is 2.80. The van der Waals surface area contributed by atoms with Crippen molar-refractivity contribution < 1.29 is 31.4 Å². The topological polar surface area (TPSA) is 21.7 Å². The first kappa shape index (κ1) is 25.3. The predicted molar refractivity (Wildman–Crippen MR) is 122 cm³/mol. The fourth-order valence-electron chi connectivity index (χ4n) is 3.38. The number of ether oxygens (including phenoxy) is 2. The quantitative estimate of drug-likeness (QED) is 0.264. The number of hydrogen-bond acceptors (Lipinski definition) is 3. The smallest absolute Gasteiger partial charge is 0.390 e. The second-order valence-corrected chi connectivity index (χ2v) is 7.74. The van der Waals surface area contributed by atoms with Crippen molar-refractivity contribution in [3.63, 3.8) is 0 Å². The van der Waals surface area contributed by atoms with Crippen LogP contribution in [0.15, 0.2) is 72.8 Å². The lowest BCUT2D eigenvalue weighted by atomic mass is 10.1. The molecule has 0 radical (unpaired) electrons. The monoisotopic (exact) mass is 479 g/mol. The Hall–Kier alpha value is -3.29. The maximum absolute atomic E-state index is 13.0. The molecule has 0 bridgehead atoms. The van der Waals surface area contributed by atoms with Crippen LogP contribution >= 0.6 is 0 Å². The second-order valence-electron chi connectivity index (χ2n) is 7.74. The van der Waals surface area contributed by atoms with Gasteiger partial charge in [-0.05, 0) is 53.9 Å². The zero-order chi connectivity index (χ0) is 24.6. The summed E-state index contributed by atoms with van der Waals surface area (Å²) in [6.07, 6.45) is -7.09. The molecule has 3 nitrogen and oxygen atoms in total. The van der Waals surface area contributed by atoms with Gasteiger partial charge in [-0.15, -0.1) is 0 Å². The minimum atomic E-state index is -4.32. The van der Waals surface area contributed by atoms with Crippen molar-refractivity contribution in [2.75, 3.05) is 18.1 Å². The summed E-state index contributed by atoms with van der Waals surface area (Å²) in [6, 6.07) is 20.9. The van der Waals surface area contributed by atoms with Crippen molar-refractivity contribution in [2.45, 2.75) is 38.9 Å². The van der Waals surface area contributed by atoms with E-state index in [2.05, 4.69) is 0 Å². The van der Waals surface area contributed by atoms with Crippen molar-refractivity contribution in [1.29, 1.82) is 0 Å². The molecule has 0 aliphatic rings. The molecule has 3 aromatic carbocycles. The fourth-order valence-corrected chi connectivity index (χ4v) is 3.38. The van der Waals surface area contributed by atoms with Gasteiger partial charge in [-0.1, -0.05) is 37.3 Å². The van der Waals surface area contributed by atoms with Gasteiger partial charge in [0.25, 0.3) is 6.43 Å². The van der Waals surface area contributed by atoms with Crippen LogP contribution in [-0.2, 0) is 13.0 Å². The lowest BCUT2D eigenvalue weighted by molar-refractivity contribution is -0.132. The van der Waals surface area contributed by atoms with Gasteiger partial charge in [0.1, 0.15) is 23.9 Å². The summed E-state index contributed by atoms with van der Waals surface area (Å²) < 4.78 is 74.9. The number of aryl methyl sites for hydroxylation is 1. The highest BCUT2D eigenvalue weighted by Gasteiger charge is 2.28. The van der Waals surface area contributed by atoms with Gasteiger partial charge >= 0.3 is 6.18 Å². The van der Waals surface area contributed by atoms with E-state index in [1.165, 1.54) is 6.07 Å². The van der Waals surface area contributed by atoms with E-state index in [1.807, 2.05) is 31.2 Å². The van der Waals surface area contributed by atoms with Gasteiger partial charge in [0.2, 0.25) is 0 Å². The molecule has 3 aromatic rings. The molecule has 182 valence electrons. The van der Waals surface area contributed by atoms with E-state index in [-0.39, 0.29) is 18.8 Å². The molecule has 0 aromatic heterocycles. The first-order valence-corrected chi connectivity index (χ1v) is 10.9. The van der Waals surface area contributed by atoms with E-state index in [4.69, 9.17) is 9.47 Å². The summed E-state index contributed by atoms with van der Waals surface area (Å²) in [4.78, 5) is 1.58.